The van der Waals surface area contributed by atoms with E-state index >= 15 is 0 Å². The van der Waals surface area contributed by atoms with Crippen molar-refractivity contribution in [3.63, 3.8) is 0 Å². The summed E-state index contributed by atoms with van der Waals surface area (Å²) in [5, 5.41) is 0. The maximum atomic E-state index is 11.4. The number of hydrogen-bond donors (Lipinski definition) is 3. The van der Waals surface area contributed by atoms with Gasteiger partial charge in [0.2, 0.25) is 0 Å². The Balaban J connectivity index is 3.67. The average molecular weight is 259 g/mol. The Morgan fingerprint density at radius 2 is 1.83 bits per heavy atom. The summed E-state index contributed by atoms with van der Waals surface area (Å²) in [6, 6.07) is -0.601. The van der Waals surface area contributed by atoms with E-state index in [4.69, 9.17) is 21.9 Å². The fraction of sp³-hybridized carbons (Fsp3) is 0.833. The van der Waals surface area contributed by atoms with E-state index in [1.54, 1.807) is 0 Å². The van der Waals surface area contributed by atoms with Gasteiger partial charge < -0.3 is 21.9 Å². The zero-order chi connectivity index (χ0) is 14.0. The van der Waals surface area contributed by atoms with Gasteiger partial charge in [0, 0.05) is 12.5 Å². The Bertz CT molecular complexity index is 257. The first-order chi connectivity index (χ1) is 8.47. The number of ether oxygens (including phenoxy) is 1. The quantitative estimate of drug-likeness (QED) is 0.462. The van der Waals surface area contributed by atoms with Crippen molar-refractivity contribution in [1.82, 2.24) is 0 Å². The van der Waals surface area contributed by atoms with E-state index in [-0.39, 0.29) is 18.4 Å². The molecule has 2 atom stereocenters. The molecule has 0 radical (unpaired) electrons. The molecule has 0 spiro atoms. The summed E-state index contributed by atoms with van der Waals surface area (Å²) < 4.78 is 4.83. The molecule has 0 aromatic heterocycles. The number of Topliss-reactive ketones (excluding diaryl/α,β-unsaturated/α-hetero) is 1. The van der Waals surface area contributed by atoms with E-state index in [9.17, 15) is 9.59 Å². The van der Waals surface area contributed by atoms with Gasteiger partial charge in [-0.25, -0.2) is 0 Å². The highest BCUT2D eigenvalue weighted by Gasteiger charge is 2.15. The standard InChI is InChI=1S/C12H25N3O3/c1-9(14)4-2-5-10(16)8-18-12(17)11(15)6-3-7-13/h9,11H,2-8,13-15H2,1H3/t9?,11-/m0/s1. The Morgan fingerprint density at radius 1 is 1.17 bits per heavy atom. The number of rotatable bonds is 10. The Morgan fingerprint density at radius 3 is 2.39 bits per heavy atom. The van der Waals surface area contributed by atoms with Crippen LogP contribution in [0.4, 0.5) is 0 Å². The minimum absolute atomic E-state index is 0.0880. The lowest BCUT2D eigenvalue weighted by atomic mass is 10.1. The highest BCUT2D eigenvalue weighted by atomic mass is 16.5. The predicted octanol–water partition coefficient (Wildman–Crippen LogP) is -0.318. The summed E-state index contributed by atoms with van der Waals surface area (Å²) in [5.41, 5.74) is 16.4. The van der Waals surface area contributed by atoms with Gasteiger partial charge in [-0.2, -0.15) is 0 Å². The van der Waals surface area contributed by atoms with Gasteiger partial charge >= 0.3 is 5.97 Å². The van der Waals surface area contributed by atoms with Crippen LogP contribution >= 0.6 is 0 Å². The topological polar surface area (TPSA) is 121 Å². The third-order valence-corrected chi connectivity index (χ3v) is 2.51. The van der Waals surface area contributed by atoms with Crippen molar-refractivity contribution in [1.29, 1.82) is 0 Å². The Kier molecular flexibility index (Phi) is 9.45. The van der Waals surface area contributed by atoms with E-state index in [0.717, 1.165) is 6.42 Å². The van der Waals surface area contributed by atoms with Gasteiger partial charge in [0.15, 0.2) is 5.78 Å². The molecule has 0 heterocycles. The van der Waals surface area contributed by atoms with Crippen molar-refractivity contribution in [2.45, 2.75) is 51.1 Å². The highest BCUT2D eigenvalue weighted by Crippen LogP contribution is 2.01. The molecule has 0 aromatic rings. The second-order valence-electron chi connectivity index (χ2n) is 4.55. The van der Waals surface area contributed by atoms with Gasteiger partial charge in [0.25, 0.3) is 0 Å². The zero-order valence-electron chi connectivity index (χ0n) is 11.1. The fourth-order valence-electron chi connectivity index (χ4n) is 1.41. The molecule has 0 saturated carbocycles. The number of carbonyl (C=O) groups is 2. The fourth-order valence-corrected chi connectivity index (χ4v) is 1.41. The second kappa shape index (κ2) is 9.99. The molecule has 0 rings (SSSR count). The molecule has 0 bridgehead atoms. The van der Waals surface area contributed by atoms with Crippen LogP contribution in [-0.2, 0) is 14.3 Å². The summed E-state index contributed by atoms with van der Waals surface area (Å²) in [7, 11) is 0. The molecular weight excluding hydrogens is 234 g/mol. The predicted molar refractivity (Wildman–Crippen MR) is 69.7 cm³/mol. The maximum Gasteiger partial charge on any atom is 0.323 e. The van der Waals surface area contributed by atoms with E-state index in [2.05, 4.69) is 0 Å². The Labute approximate surface area is 108 Å². The molecule has 0 saturated heterocycles. The van der Waals surface area contributed by atoms with Crippen LogP contribution in [0.5, 0.6) is 0 Å². The van der Waals surface area contributed by atoms with Crippen LogP contribution in [-0.4, -0.2) is 37.0 Å². The van der Waals surface area contributed by atoms with Gasteiger partial charge in [-0.15, -0.1) is 0 Å². The molecule has 6 N–H and O–H groups in total. The first-order valence-corrected chi connectivity index (χ1v) is 6.37. The average Bonchev–Trinajstić information content (AvgIpc) is 2.32. The molecule has 0 fully saturated rings. The molecule has 6 heteroatoms. The maximum absolute atomic E-state index is 11.4. The lowest BCUT2D eigenvalue weighted by Gasteiger charge is -2.10. The van der Waals surface area contributed by atoms with Crippen LogP contribution in [0.3, 0.4) is 0 Å². The molecule has 1 unspecified atom stereocenters. The van der Waals surface area contributed by atoms with E-state index in [1.807, 2.05) is 6.92 Å². The van der Waals surface area contributed by atoms with E-state index < -0.39 is 12.0 Å². The molecule has 0 aromatic carbocycles. The summed E-state index contributed by atoms with van der Waals surface area (Å²) >= 11 is 0. The van der Waals surface area contributed by atoms with E-state index in [0.29, 0.717) is 32.2 Å². The molecule has 6 nitrogen and oxygen atoms in total. The number of carbonyl (C=O) groups excluding carboxylic acids is 2. The van der Waals surface area contributed by atoms with Gasteiger partial charge in [-0.3, -0.25) is 9.59 Å². The minimum atomic E-state index is -0.689. The number of ketones is 1. The number of nitrogens with two attached hydrogens (primary N) is 3. The van der Waals surface area contributed by atoms with Crippen molar-refractivity contribution in [3.05, 3.63) is 0 Å². The molecule has 106 valence electrons. The van der Waals surface area contributed by atoms with Crippen LogP contribution < -0.4 is 17.2 Å². The van der Waals surface area contributed by atoms with Crippen LogP contribution in [0.25, 0.3) is 0 Å². The second-order valence-corrected chi connectivity index (χ2v) is 4.55. The van der Waals surface area contributed by atoms with Crippen molar-refractivity contribution < 1.29 is 14.3 Å². The van der Waals surface area contributed by atoms with Crippen LogP contribution in [0.1, 0.15) is 39.0 Å². The lowest BCUT2D eigenvalue weighted by Crippen LogP contribution is -2.34. The van der Waals surface area contributed by atoms with Crippen molar-refractivity contribution in [3.8, 4) is 0 Å². The van der Waals surface area contributed by atoms with Gasteiger partial charge in [0.05, 0.1) is 0 Å². The molecule has 18 heavy (non-hydrogen) atoms. The van der Waals surface area contributed by atoms with Gasteiger partial charge in [-0.05, 0) is 39.2 Å². The van der Waals surface area contributed by atoms with Gasteiger partial charge in [-0.1, -0.05) is 0 Å². The third-order valence-electron chi connectivity index (χ3n) is 2.51. The Hall–Kier alpha value is -0.980. The van der Waals surface area contributed by atoms with Crippen LogP contribution in [0, 0.1) is 0 Å². The first-order valence-electron chi connectivity index (χ1n) is 6.37. The van der Waals surface area contributed by atoms with Crippen molar-refractivity contribution in [2.75, 3.05) is 13.2 Å². The largest absolute Gasteiger partial charge is 0.457 e. The third kappa shape index (κ3) is 9.09. The summed E-state index contributed by atoms with van der Waals surface area (Å²) in [6.07, 6.45) is 3.03. The molecule has 0 aliphatic carbocycles. The van der Waals surface area contributed by atoms with Crippen molar-refractivity contribution >= 4 is 11.8 Å². The minimum Gasteiger partial charge on any atom is -0.457 e. The normalized spacial score (nSPS) is 14.0. The summed E-state index contributed by atoms with van der Waals surface area (Å²) in [6.45, 7) is 2.17. The van der Waals surface area contributed by atoms with E-state index in [1.165, 1.54) is 0 Å². The molecule has 0 aliphatic rings. The smallest absolute Gasteiger partial charge is 0.323 e. The van der Waals surface area contributed by atoms with Crippen LogP contribution in [0.15, 0.2) is 0 Å². The van der Waals surface area contributed by atoms with Gasteiger partial charge in [0.1, 0.15) is 12.6 Å². The van der Waals surface area contributed by atoms with Crippen LogP contribution in [0.2, 0.25) is 0 Å². The zero-order valence-corrected chi connectivity index (χ0v) is 11.1. The molecular formula is C12H25N3O3. The number of hydrogen-bond acceptors (Lipinski definition) is 6. The number of esters is 1. The lowest BCUT2D eigenvalue weighted by molar-refractivity contribution is -0.149. The summed E-state index contributed by atoms with van der Waals surface area (Å²) in [4.78, 5) is 22.8. The highest BCUT2D eigenvalue weighted by molar-refractivity contribution is 5.83. The molecule has 0 amide bonds. The first kappa shape index (κ1) is 17.0. The van der Waals surface area contributed by atoms with Crippen molar-refractivity contribution in [2.24, 2.45) is 17.2 Å². The SMILES string of the molecule is CC(N)CCCC(=O)COC(=O)[C@@H](N)CCCN. The summed E-state index contributed by atoms with van der Waals surface area (Å²) in [5.74, 6) is -0.640. The monoisotopic (exact) mass is 259 g/mol. The molecule has 0 aliphatic heterocycles.